The zero-order chi connectivity index (χ0) is 12.2. The third-order valence-electron chi connectivity index (χ3n) is 2.70. The van der Waals surface area contributed by atoms with Gasteiger partial charge >= 0.3 is 0 Å². The van der Waals surface area contributed by atoms with Crippen LogP contribution >= 0.6 is 0 Å². The second-order valence-corrected chi connectivity index (χ2v) is 3.96. The number of nitrogens with zero attached hydrogens (tertiary/aromatic N) is 1. The number of nitrogens with one attached hydrogen (secondary N) is 2. The van der Waals surface area contributed by atoms with E-state index >= 15 is 0 Å². The first-order valence-electron chi connectivity index (χ1n) is 5.85. The standard InChI is InChI=1S/C15H13N3/c1-2-6-12(7-3-1)18-15(13-8-4-10-16-13)14-9-5-11-17-14/h1-11,16-17H. The van der Waals surface area contributed by atoms with Crippen molar-refractivity contribution in [1.29, 1.82) is 0 Å². The van der Waals surface area contributed by atoms with E-state index in [4.69, 9.17) is 4.99 Å². The maximum atomic E-state index is 4.70. The van der Waals surface area contributed by atoms with Gasteiger partial charge in [-0.15, -0.1) is 0 Å². The summed E-state index contributed by atoms with van der Waals surface area (Å²) in [5, 5.41) is 0. The molecule has 0 amide bonds. The smallest absolute Gasteiger partial charge is 0.111 e. The van der Waals surface area contributed by atoms with Crippen LogP contribution < -0.4 is 0 Å². The minimum atomic E-state index is 0.913. The molecular weight excluding hydrogens is 222 g/mol. The van der Waals surface area contributed by atoms with Crippen molar-refractivity contribution in [3.63, 3.8) is 0 Å². The molecule has 88 valence electrons. The van der Waals surface area contributed by atoms with Crippen LogP contribution in [0.1, 0.15) is 11.4 Å². The molecule has 0 bridgehead atoms. The van der Waals surface area contributed by atoms with Gasteiger partial charge in [-0.3, -0.25) is 0 Å². The van der Waals surface area contributed by atoms with E-state index in [1.54, 1.807) is 0 Å². The third-order valence-corrected chi connectivity index (χ3v) is 2.70. The fourth-order valence-electron chi connectivity index (χ4n) is 1.85. The Bertz CT molecular complexity index is 583. The van der Waals surface area contributed by atoms with E-state index in [9.17, 15) is 0 Å². The third kappa shape index (κ3) is 2.11. The monoisotopic (exact) mass is 235 g/mol. The van der Waals surface area contributed by atoms with Crippen LogP contribution in [0.5, 0.6) is 0 Å². The average molecular weight is 235 g/mol. The molecular formula is C15H13N3. The molecule has 0 fully saturated rings. The summed E-state index contributed by atoms with van der Waals surface area (Å²) < 4.78 is 0. The SMILES string of the molecule is c1ccc(N=C(c2ccc[nH]2)c2ccc[nH]2)cc1. The summed E-state index contributed by atoms with van der Waals surface area (Å²) in [7, 11) is 0. The normalized spacial score (nSPS) is 10.2. The Labute approximate surface area is 105 Å². The fourth-order valence-corrected chi connectivity index (χ4v) is 1.85. The number of aromatic nitrogens is 2. The summed E-state index contributed by atoms with van der Waals surface area (Å²) in [6.07, 6.45) is 3.80. The molecule has 0 atom stereocenters. The summed E-state index contributed by atoms with van der Waals surface area (Å²) >= 11 is 0. The minimum Gasteiger partial charge on any atom is -0.360 e. The lowest BCUT2D eigenvalue weighted by molar-refractivity contribution is 1.31. The van der Waals surface area contributed by atoms with Gasteiger partial charge in [-0.1, -0.05) is 18.2 Å². The van der Waals surface area contributed by atoms with Crippen LogP contribution in [0.3, 0.4) is 0 Å². The van der Waals surface area contributed by atoms with Crippen molar-refractivity contribution in [2.75, 3.05) is 0 Å². The number of hydrogen-bond donors (Lipinski definition) is 2. The van der Waals surface area contributed by atoms with Gasteiger partial charge in [-0.25, -0.2) is 4.99 Å². The number of H-pyrrole nitrogens is 2. The van der Waals surface area contributed by atoms with Crippen LogP contribution in [0, 0.1) is 0 Å². The molecule has 1 aromatic carbocycles. The summed E-state index contributed by atoms with van der Waals surface area (Å²) in [5.74, 6) is 0. The molecule has 0 saturated heterocycles. The van der Waals surface area contributed by atoms with Gasteiger partial charge in [0.15, 0.2) is 0 Å². The first-order valence-corrected chi connectivity index (χ1v) is 5.85. The zero-order valence-electron chi connectivity index (χ0n) is 9.80. The summed E-state index contributed by atoms with van der Waals surface area (Å²) in [4.78, 5) is 11.1. The van der Waals surface area contributed by atoms with E-state index in [-0.39, 0.29) is 0 Å². The molecule has 2 N–H and O–H groups in total. The maximum Gasteiger partial charge on any atom is 0.111 e. The van der Waals surface area contributed by atoms with Gasteiger partial charge in [0.1, 0.15) is 5.71 Å². The van der Waals surface area contributed by atoms with Gasteiger partial charge in [0.25, 0.3) is 0 Å². The number of benzene rings is 1. The summed E-state index contributed by atoms with van der Waals surface area (Å²) in [6, 6.07) is 17.9. The molecule has 0 unspecified atom stereocenters. The number of aromatic amines is 2. The van der Waals surface area contributed by atoms with Crippen molar-refractivity contribution in [3.8, 4) is 0 Å². The molecule has 2 heterocycles. The highest BCUT2D eigenvalue weighted by Gasteiger charge is 2.08. The van der Waals surface area contributed by atoms with Crippen LogP contribution in [0.2, 0.25) is 0 Å². The van der Waals surface area contributed by atoms with Crippen molar-refractivity contribution >= 4 is 11.4 Å². The van der Waals surface area contributed by atoms with Crippen LogP contribution in [0.15, 0.2) is 72.0 Å². The van der Waals surface area contributed by atoms with Crippen LogP contribution in [0.25, 0.3) is 0 Å². The molecule has 3 nitrogen and oxygen atoms in total. The van der Waals surface area contributed by atoms with E-state index in [0.29, 0.717) is 0 Å². The van der Waals surface area contributed by atoms with Gasteiger partial charge in [0.2, 0.25) is 0 Å². The lowest BCUT2D eigenvalue weighted by Crippen LogP contribution is -2.03. The van der Waals surface area contributed by atoms with E-state index < -0.39 is 0 Å². The molecule has 3 heteroatoms. The van der Waals surface area contributed by atoms with Crippen molar-refractivity contribution in [2.24, 2.45) is 4.99 Å². The molecule has 0 spiro atoms. The molecule has 0 radical (unpaired) electrons. The highest BCUT2D eigenvalue weighted by molar-refractivity contribution is 6.11. The van der Waals surface area contributed by atoms with E-state index in [1.165, 1.54) is 0 Å². The predicted molar refractivity (Wildman–Crippen MR) is 73.3 cm³/mol. The Morgan fingerprint density at radius 2 is 1.33 bits per heavy atom. The molecule has 3 aromatic rings. The molecule has 0 saturated carbocycles. The van der Waals surface area contributed by atoms with Gasteiger partial charge < -0.3 is 9.97 Å². The largest absolute Gasteiger partial charge is 0.360 e. The van der Waals surface area contributed by atoms with Gasteiger partial charge in [-0.2, -0.15) is 0 Å². The minimum absolute atomic E-state index is 0.913. The first-order chi connectivity index (χ1) is 8.93. The number of aliphatic imine (C=N–C) groups is 1. The number of para-hydroxylation sites is 1. The lowest BCUT2D eigenvalue weighted by atomic mass is 10.2. The molecule has 0 aliphatic rings. The summed E-state index contributed by atoms with van der Waals surface area (Å²) in [6.45, 7) is 0. The average Bonchev–Trinajstić information content (AvgIpc) is 3.11. The molecule has 2 aromatic heterocycles. The van der Waals surface area contributed by atoms with E-state index in [1.807, 2.05) is 67.0 Å². The fraction of sp³-hybridized carbons (Fsp3) is 0. The van der Waals surface area contributed by atoms with E-state index in [2.05, 4.69) is 9.97 Å². The van der Waals surface area contributed by atoms with Crippen molar-refractivity contribution in [1.82, 2.24) is 9.97 Å². The Hall–Kier alpha value is -2.55. The summed E-state index contributed by atoms with van der Waals surface area (Å²) in [5.41, 5.74) is 3.86. The Morgan fingerprint density at radius 1 is 0.722 bits per heavy atom. The maximum absolute atomic E-state index is 4.70. The first kappa shape index (κ1) is 10.6. The zero-order valence-corrected chi connectivity index (χ0v) is 9.80. The highest BCUT2D eigenvalue weighted by atomic mass is 14.8. The second kappa shape index (κ2) is 4.75. The van der Waals surface area contributed by atoms with Crippen molar-refractivity contribution in [3.05, 3.63) is 78.4 Å². The molecule has 0 aliphatic heterocycles. The number of rotatable bonds is 3. The molecule has 18 heavy (non-hydrogen) atoms. The van der Waals surface area contributed by atoms with Crippen LogP contribution in [-0.2, 0) is 0 Å². The topological polar surface area (TPSA) is 43.9 Å². The van der Waals surface area contributed by atoms with Gasteiger partial charge in [0, 0.05) is 12.4 Å². The Morgan fingerprint density at radius 3 is 1.83 bits per heavy atom. The molecule has 3 rings (SSSR count). The predicted octanol–water partition coefficient (Wildman–Crippen LogP) is 3.51. The van der Waals surface area contributed by atoms with Crippen LogP contribution in [0.4, 0.5) is 5.69 Å². The quantitative estimate of drug-likeness (QED) is 0.652. The van der Waals surface area contributed by atoms with Crippen LogP contribution in [-0.4, -0.2) is 15.7 Å². The van der Waals surface area contributed by atoms with E-state index in [0.717, 1.165) is 22.8 Å². The second-order valence-electron chi connectivity index (χ2n) is 3.96. The Kier molecular flexibility index (Phi) is 2.80. The van der Waals surface area contributed by atoms with Crippen molar-refractivity contribution in [2.45, 2.75) is 0 Å². The van der Waals surface area contributed by atoms with Crippen molar-refractivity contribution < 1.29 is 0 Å². The van der Waals surface area contributed by atoms with Gasteiger partial charge in [-0.05, 0) is 36.4 Å². The molecule has 0 aliphatic carbocycles. The Balaban J connectivity index is 2.09. The van der Waals surface area contributed by atoms with Gasteiger partial charge in [0.05, 0.1) is 17.1 Å². The highest BCUT2D eigenvalue weighted by Crippen LogP contribution is 2.15. The number of hydrogen-bond acceptors (Lipinski definition) is 1. The lowest BCUT2D eigenvalue weighted by Gasteiger charge is -2.03.